The van der Waals surface area contributed by atoms with Gasteiger partial charge in [-0.15, -0.1) is 11.3 Å². The van der Waals surface area contributed by atoms with Gasteiger partial charge in [-0.2, -0.15) is 13.2 Å². The molecule has 112 valence electrons. The standard InChI is InChI=1S/C15H9F3N2OS/c16-15(17,18)10-4-1-3-9-11(6-7-19-13(9)10)20-14(21)12-5-2-8-22-12/h1-8H,(H,19,20,21). The highest BCUT2D eigenvalue weighted by Gasteiger charge is 2.33. The van der Waals surface area contributed by atoms with Crippen LogP contribution < -0.4 is 5.32 Å². The van der Waals surface area contributed by atoms with Crippen molar-refractivity contribution in [1.29, 1.82) is 0 Å². The molecule has 22 heavy (non-hydrogen) atoms. The summed E-state index contributed by atoms with van der Waals surface area (Å²) in [5, 5.41) is 4.63. The Labute approximate surface area is 127 Å². The number of pyridine rings is 1. The number of hydrogen-bond acceptors (Lipinski definition) is 3. The smallest absolute Gasteiger partial charge is 0.321 e. The van der Waals surface area contributed by atoms with Crippen LogP contribution in [0.2, 0.25) is 0 Å². The zero-order valence-corrected chi connectivity index (χ0v) is 11.8. The molecule has 0 spiro atoms. The van der Waals surface area contributed by atoms with E-state index in [0.29, 0.717) is 10.6 Å². The Bertz CT molecular complexity index is 828. The number of fused-ring (bicyclic) bond motifs is 1. The Morgan fingerprint density at radius 1 is 1.14 bits per heavy atom. The normalized spacial score (nSPS) is 11.6. The summed E-state index contributed by atoms with van der Waals surface area (Å²) in [7, 11) is 0. The predicted octanol–water partition coefficient (Wildman–Crippen LogP) is 4.57. The first-order valence-electron chi connectivity index (χ1n) is 6.26. The van der Waals surface area contributed by atoms with Gasteiger partial charge in [0.05, 0.1) is 21.6 Å². The van der Waals surface area contributed by atoms with Crippen LogP contribution in [0.25, 0.3) is 10.9 Å². The van der Waals surface area contributed by atoms with Crippen LogP contribution in [0.1, 0.15) is 15.2 Å². The van der Waals surface area contributed by atoms with Gasteiger partial charge < -0.3 is 5.32 Å². The minimum Gasteiger partial charge on any atom is -0.321 e. The van der Waals surface area contributed by atoms with Crippen LogP contribution in [0.3, 0.4) is 0 Å². The number of aromatic nitrogens is 1. The molecule has 0 aliphatic carbocycles. The third-order valence-corrected chi connectivity index (χ3v) is 3.94. The molecule has 3 nitrogen and oxygen atoms in total. The molecule has 1 amide bonds. The van der Waals surface area contributed by atoms with Crippen molar-refractivity contribution in [3.8, 4) is 0 Å². The van der Waals surface area contributed by atoms with Gasteiger partial charge in [0, 0.05) is 11.6 Å². The Balaban J connectivity index is 2.06. The van der Waals surface area contributed by atoms with E-state index in [1.165, 1.54) is 35.7 Å². The van der Waals surface area contributed by atoms with Crippen LogP contribution in [0.5, 0.6) is 0 Å². The fraction of sp³-hybridized carbons (Fsp3) is 0.0667. The van der Waals surface area contributed by atoms with E-state index in [2.05, 4.69) is 10.3 Å². The van der Waals surface area contributed by atoms with Crippen molar-refractivity contribution in [3.05, 3.63) is 58.4 Å². The monoisotopic (exact) mass is 322 g/mol. The number of halogens is 3. The molecule has 2 aromatic heterocycles. The first-order chi connectivity index (χ1) is 10.5. The van der Waals surface area contributed by atoms with E-state index in [0.717, 1.165) is 6.07 Å². The Kier molecular flexibility index (Phi) is 3.58. The summed E-state index contributed by atoms with van der Waals surface area (Å²) in [5.74, 6) is -0.361. The van der Waals surface area contributed by atoms with Gasteiger partial charge in [-0.1, -0.05) is 18.2 Å². The van der Waals surface area contributed by atoms with Crippen molar-refractivity contribution >= 4 is 33.8 Å². The highest BCUT2D eigenvalue weighted by atomic mass is 32.1. The quantitative estimate of drug-likeness (QED) is 0.751. The summed E-state index contributed by atoms with van der Waals surface area (Å²) in [6, 6.07) is 8.62. The summed E-state index contributed by atoms with van der Waals surface area (Å²) >= 11 is 1.26. The molecule has 3 aromatic rings. The van der Waals surface area contributed by atoms with E-state index in [1.54, 1.807) is 17.5 Å². The molecule has 0 radical (unpaired) electrons. The van der Waals surface area contributed by atoms with E-state index in [1.807, 2.05) is 0 Å². The van der Waals surface area contributed by atoms with Crippen molar-refractivity contribution < 1.29 is 18.0 Å². The molecule has 2 heterocycles. The van der Waals surface area contributed by atoms with Gasteiger partial charge in [-0.05, 0) is 23.6 Å². The molecule has 7 heteroatoms. The Morgan fingerprint density at radius 2 is 1.95 bits per heavy atom. The summed E-state index contributed by atoms with van der Waals surface area (Å²) < 4.78 is 39.0. The molecule has 0 aliphatic rings. The topological polar surface area (TPSA) is 42.0 Å². The second kappa shape index (κ2) is 5.42. The van der Waals surface area contributed by atoms with Crippen molar-refractivity contribution in [2.24, 2.45) is 0 Å². The number of hydrogen-bond donors (Lipinski definition) is 1. The van der Waals surface area contributed by atoms with Crippen LogP contribution in [-0.4, -0.2) is 10.9 Å². The van der Waals surface area contributed by atoms with Gasteiger partial charge in [0.25, 0.3) is 5.91 Å². The molecular formula is C15H9F3N2OS. The molecule has 0 aliphatic heterocycles. The van der Waals surface area contributed by atoms with Gasteiger partial charge in [-0.3, -0.25) is 9.78 Å². The minimum absolute atomic E-state index is 0.182. The number of nitrogens with zero attached hydrogens (tertiary/aromatic N) is 1. The molecule has 0 atom stereocenters. The summed E-state index contributed by atoms with van der Waals surface area (Å²) in [5.41, 5.74) is -0.703. The van der Waals surface area contributed by atoms with E-state index >= 15 is 0 Å². The van der Waals surface area contributed by atoms with Gasteiger partial charge in [0.15, 0.2) is 0 Å². The number of carbonyl (C=O) groups is 1. The number of rotatable bonds is 2. The maximum absolute atomic E-state index is 13.0. The van der Waals surface area contributed by atoms with Crippen LogP contribution >= 0.6 is 11.3 Å². The van der Waals surface area contributed by atoms with Crippen molar-refractivity contribution in [1.82, 2.24) is 4.98 Å². The van der Waals surface area contributed by atoms with E-state index < -0.39 is 11.7 Å². The first kappa shape index (κ1) is 14.5. The van der Waals surface area contributed by atoms with Crippen LogP contribution in [0.4, 0.5) is 18.9 Å². The van der Waals surface area contributed by atoms with Gasteiger partial charge in [0.2, 0.25) is 0 Å². The number of alkyl halides is 3. The molecule has 0 saturated carbocycles. The second-order valence-corrected chi connectivity index (χ2v) is 5.44. The summed E-state index contributed by atoms with van der Waals surface area (Å²) in [6.07, 6.45) is -3.25. The number of thiophene rings is 1. The first-order valence-corrected chi connectivity index (χ1v) is 7.14. The van der Waals surface area contributed by atoms with Crippen molar-refractivity contribution in [3.63, 3.8) is 0 Å². The minimum atomic E-state index is -4.50. The third-order valence-electron chi connectivity index (χ3n) is 3.07. The molecule has 3 rings (SSSR count). The maximum atomic E-state index is 13.0. The van der Waals surface area contributed by atoms with Gasteiger partial charge in [0.1, 0.15) is 0 Å². The van der Waals surface area contributed by atoms with E-state index in [-0.39, 0.29) is 16.8 Å². The number of carbonyl (C=O) groups excluding carboxylic acids is 1. The van der Waals surface area contributed by atoms with E-state index in [4.69, 9.17) is 0 Å². The molecule has 0 unspecified atom stereocenters. The maximum Gasteiger partial charge on any atom is 0.418 e. The molecular weight excluding hydrogens is 313 g/mol. The average Bonchev–Trinajstić information content (AvgIpc) is 3.00. The lowest BCUT2D eigenvalue weighted by atomic mass is 10.1. The fourth-order valence-corrected chi connectivity index (χ4v) is 2.72. The third kappa shape index (κ3) is 2.67. The highest BCUT2D eigenvalue weighted by molar-refractivity contribution is 7.12. The molecule has 1 aromatic carbocycles. The lowest BCUT2D eigenvalue weighted by molar-refractivity contribution is -0.136. The molecule has 0 fully saturated rings. The van der Waals surface area contributed by atoms with Gasteiger partial charge >= 0.3 is 6.18 Å². The van der Waals surface area contributed by atoms with Gasteiger partial charge in [-0.25, -0.2) is 0 Å². The lowest BCUT2D eigenvalue weighted by Crippen LogP contribution is -2.11. The highest BCUT2D eigenvalue weighted by Crippen LogP contribution is 2.35. The predicted molar refractivity (Wildman–Crippen MR) is 79.0 cm³/mol. The summed E-state index contributed by atoms with van der Waals surface area (Å²) in [6.45, 7) is 0. The Morgan fingerprint density at radius 3 is 2.64 bits per heavy atom. The number of amides is 1. The average molecular weight is 322 g/mol. The summed E-state index contributed by atoms with van der Waals surface area (Å²) in [4.78, 5) is 16.4. The zero-order valence-electron chi connectivity index (χ0n) is 11.0. The number of para-hydroxylation sites is 1. The van der Waals surface area contributed by atoms with Crippen molar-refractivity contribution in [2.45, 2.75) is 6.18 Å². The number of anilines is 1. The molecule has 0 saturated heterocycles. The molecule has 0 bridgehead atoms. The van der Waals surface area contributed by atoms with E-state index in [9.17, 15) is 18.0 Å². The largest absolute Gasteiger partial charge is 0.418 e. The second-order valence-electron chi connectivity index (χ2n) is 4.49. The van der Waals surface area contributed by atoms with Crippen LogP contribution in [0.15, 0.2) is 48.0 Å². The lowest BCUT2D eigenvalue weighted by Gasteiger charge is -2.12. The zero-order chi connectivity index (χ0) is 15.7. The van der Waals surface area contributed by atoms with Crippen LogP contribution in [-0.2, 0) is 6.18 Å². The number of benzene rings is 1. The SMILES string of the molecule is O=C(Nc1ccnc2c(C(F)(F)F)cccc12)c1cccs1. The number of nitrogens with one attached hydrogen (secondary N) is 1. The van der Waals surface area contributed by atoms with Crippen LogP contribution in [0, 0.1) is 0 Å². The molecule has 1 N–H and O–H groups in total. The Hall–Kier alpha value is -2.41. The fourth-order valence-electron chi connectivity index (χ4n) is 2.11. The van der Waals surface area contributed by atoms with Crippen molar-refractivity contribution in [2.75, 3.05) is 5.32 Å².